The van der Waals surface area contributed by atoms with E-state index in [9.17, 15) is 55.0 Å². The monoisotopic (exact) mass is 1120 g/mol. The number of carbonyl (C=O) groups is 4. The second-order valence-electron chi connectivity index (χ2n) is 20.5. The predicted molar refractivity (Wildman–Crippen MR) is 266 cm³/mol. The maximum absolute atomic E-state index is 16.0. The summed E-state index contributed by atoms with van der Waals surface area (Å²) in [5.41, 5.74) is -4.05. The third kappa shape index (κ3) is 13.8. The summed E-state index contributed by atoms with van der Waals surface area (Å²) in [7, 11) is 1.63. The number of aliphatic hydroxyl groups excluding tert-OH is 1. The number of aliphatic hydroxyl groups is 1. The van der Waals surface area contributed by atoms with Crippen molar-refractivity contribution < 1.29 is 78.0 Å². The lowest BCUT2D eigenvalue weighted by atomic mass is 9.82. The summed E-state index contributed by atoms with van der Waals surface area (Å²) in [6.07, 6.45) is -12.2. The highest BCUT2D eigenvalue weighted by Gasteiger charge is 2.57. The molecule has 17 nitrogen and oxygen atoms in total. The normalized spacial score (nSPS) is 18.4. The van der Waals surface area contributed by atoms with E-state index in [1.54, 1.807) is 23.6 Å². The number of halogens is 9. The van der Waals surface area contributed by atoms with E-state index in [1.165, 1.54) is 12.1 Å². The van der Waals surface area contributed by atoms with Crippen molar-refractivity contribution >= 4 is 29.8 Å². The van der Waals surface area contributed by atoms with Crippen molar-refractivity contribution in [3.63, 3.8) is 0 Å². The number of hydrogen-bond acceptors (Lipinski definition) is 13. The number of hydrazine groups is 1. The van der Waals surface area contributed by atoms with Gasteiger partial charge in [0.1, 0.15) is 35.4 Å². The Hall–Kier alpha value is -7.21. The van der Waals surface area contributed by atoms with Gasteiger partial charge in [0.25, 0.3) is 5.91 Å². The first-order chi connectivity index (χ1) is 37.1. The largest absolute Gasteiger partial charge is 0.453 e. The van der Waals surface area contributed by atoms with E-state index in [0.717, 1.165) is 83.2 Å². The van der Waals surface area contributed by atoms with Gasteiger partial charge < -0.3 is 40.2 Å². The van der Waals surface area contributed by atoms with Crippen LogP contribution in [-0.2, 0) is 36.8 Å². The Morgan fingerprint density at radius 2 is 1.34 bits per heavy atom. The number of nitrogens with one attached hydrogen (secondary N) is 4. The van der Waals surface area contributed by atoms with E-state index in [-0.39, 0.29) is 11.3 Å². The van der Waals surface area contributed by atoms with Crippen LogP contribution in [0.1, 0.15) is 56.4 Å². The molecule has 2 aromatic carbocycles. The van der Waals surface area contributed by atoms with Crippen molar-refractivity contribution in [3.05, 3.63) is 113 Å². The van der Waals surface area contributed by atoms with E-state index < -0.39 is 114 Å². The van der Waals surface area contributed by atoms with E-state index in [0.29, 0.717) is 67.5 Å². The van der Waals surface area contributed by atoms with Crippen molar-refractivity contribution in [2.75, 3.05) is 52.0 Å². The maximum atomic E-state index is 16.0. The molecule has 0 unspecified atom stereocenters. The first-order valence-electron chi connectivity index (χ1n) is 24.7. The molecule has 5 heterocycles. The number of amides is 4. The third-order valence-corrected chi connectivity index (χ3v) is 14.5. The Morgan fingerprint density at radius 3 is 1.85 bits per heavy atom. The number of fused-ring (bicyclic) bond motifs is 2. The molecule has 0 saturated carbocycles. The second kappa shape index (κ2) is 24.0. The number of nitrogens with zero attached hydrogens (tertiary/aromatic N) is 5. The number of alkyl carbamates (subject to hydrolysis) is 2. The van der Waals surface area contributed by atoms with Gasteiger partial charge in [-0.05, 0) is 88.6 Å². The van der Waals surface area contributed by atoms with Gasteiger partial charge in [-0.1, -0.05) is 24.0 Å². The van der Waals surface area contributed by atoms with Crippen LogP contribution in [0.4, 0.5) is 54.9 Å². The van der Waals surface area contributed by atoms with Crippen LogP contribution in [0.15, 0.2) is 73.1 Å². The van der Waals surface area contributed by atoms with E-state index >= 15 is 8.78 Å². The number of pyridine rings is 2. The zero-order valence-electron chi connectivity index (χ0n) is 43.6. The predicted octanol–water partition coefficient (Wildman–Crippen LogP) is 6.17. The number of rotatable bonds is 18. The van der Waals surface area contributed by atoms with Crippen LogP contribution in [0, 0.1) is 40.1 Å². The number of anilines is 1. The number of piperazine rings is 1. The van der Waals surface area contributed by atoms with E-state index in [2.05, 4.69) is 51.8 Å². The van der Waals surface area contributed by atoms with Crippen LogP contribution in [0.2, 0.25) is 0 Å². The average Bonchev–Trinajstić information content (AvgIpc) is 4.18. The Labute approximate surface area is 448 Å². The minimum absolute atomic E-state index is 0.206. The highest BCUT2D eigenvalue weighted by atomic mass is 19.4. The van der Waals surface area contributed by atoms with E-state index in [4.69, 9.17) is 4.74 Å². The fraction of sp³-hybridized carbons (Fsp3) is 0.472. The van der Waals surface area contributed by atoms with E-state index in [1.807, 2.05) is 17.4 Å². The molecule has 3 aliphatic rings. The molecule has 0 aliphatic carbocycles. The first kappa shape index (κ1) is 59.5. The maximum Gasteiger partial charge on any atom is 0.407 e. The number of methoxy groups -OCH3 is 2. The fourth-order valence-electron chi connectivity index (χ4n) is 9.35. The molecule has 0 spiro atoms. The molecular formula is C53H58F9N9O8. The van der Waals surface area contributed by atoms with Crippen LogP contribution < -0.4 is 26.3 Å². The van der Waals surface area contributed by atoms with Gasteiger partial charge >= 0.3 is 24.5 Å². The van der Waals surface area contributed by atoms with Crippen molar-refractivity contribution in [1.82, 2.24) is 41.3 Å². The van der Waals surface area contributed by atoms with Crippen molar-refractivity contribution in [3.8, 4) is 23.1 Å². The fourth-order valence-corrected chi connectivity index (χ4v) is 9.35. The Kier molecular flexibility index (Phi) is 18.1. The highest BCUT2D eigenvalue weighted by Crippen LogP contribution is 2.42. The smallest absolute Gasteiger partial charge is 0.407 e. The quantitative estimate of drug-likeness (QED) is 0.0431. The lowest BCUT2D eigenvalue weighted by Gasteiger charge is -2.42. The molecule has 3 saturated heterocycles. The molecule has 0 radical (unpaired) electrons. The van der Waals surface area contributed by atoms with Gasteiger partial charge in [0.2, 0.25) is 5.91 Å². The molecule has 426 valence electrons. The first-order valence-corrected chi connectivity index (χ1v) is 24.7. The molecular weight excluding hydrogens is 1060 g/mol. The molecule has 2 aromatic heterocycles. The summed E-state index contributed by atoms with van der Waals surface area (Å²) in [5, 5.41) is 18.6. The minimum Gasteiger partial charge on any atom is -0.453 e. The second-order valence-corrected chi connectivity index (χ2v) is 20.5. The lowest BCUT2D eigenvalue weighted by molar-refractivity contribution is -0.221. The van der Waals surface area contributed by atoms with Gasteiger partial charge in [0.05, 0.1) is 62.1 Å². The number of aromatic nitrogens is 2. The van der Waals surface area contributed by atoms with Crippen LogP contribution in [-0.4, -0.2) is 151 Å². The summed E-state index contributed by atoms with van der Waals surface area (Å²) in [6, 6.07) is 7.69. The Morgan fingerprint density at radius 1 is 0.759 bits per heavy atom. The van der Waals surface area contributed by atoms with Crippen molar-refractivity contribution in [2.24, 2.45) is 10.8 Å². The molecule has 7 rings (SSSR count). The standard InChI is InChI=1S/C53H58F9N9O8/c1-50(2,52(57,58)59)44(66-48(75)77-5)46(73)65-41(17-30-10-7-29(8-11-30)9-12-31-13-14-43(64-22-31)71-24-34-21-35(71)23-70(34)36-27-79-28-36)42(72)26-69(68-47(74)45(67-49(76)78-6)51(3,4)53(60,61)62)25-37-38(55)18-32(19-39(37)56)40-20-33(54)15-16-63-40/h7-8,10-11,13-16,18-20,22,34-36,41-42,44-45,72H,17,21,23-28H2,1-6H3,(H,65,73)(H,66,75)(H,67,76)(H,68,74)/t34-,35-,41-,42-,44+,45+/m0/s1. The summed E-state index contributed by atoms with van der Waals surface area (Å²) in [4.78, 5) is 66.2. The Bertz CT molecular complexity index is 2890. The molecule has 2 bridgehead atoms. The van der Waals surface area contributed by atoms with Gasteiger partial charge in [-0.2, -0.15) is 26.3 Å². The molecule has 6 atom stereocenters. The van der Waals surface area contributed by atoms with Crippen LogP contribution in [0.5, 0.6) is 0 Å². The van der Waals surface area contributed by atoms with Crippen LogP contribution in [0.3, 0.4) is 0 Å². The van der Waals surface area contributed by atoms with Gasteiger partial charge in [0.15, 0.2) is 0 Å². The molecule has 4 aromatic rings. The number of hydrogen-bond donors (Lipinski definition) is 5. The molecule has 3 fully saturated rings. The minimum atomic E-state index is -5.21. The van der Waals surface area contributed by atoms with Crippen molar-refractivity contribution in [1.29, 1.82) is 0 Å². The summed E-state index contributed by atoms with van der Waals surface area (Å²) < 4.78 is 148. The molecule has 79 heavy (non-hydrogen) atoms. The SMILES string of the molecule is COC(=O)N[C@H](C(=O)N[C@@H](Cc1ccc(C#Cc2ccc(N3C[C@@H]4C[C@H]3CN4C3COC3)nc2)cc1)[C@@H](O)CN(Cc1c(F)cc(-c2cc(F)ccn2)cc1F)NC(=O)[C@@H](NC(=O)OC)C(C)(C)C(F)(F)F)C(C)(C)C(F)(F)F. The van der Waals surface area contributed by atoms with Gasteiger partial charge in [-0.25, -0.2) is 32.8 Å². The van der Waals surface area contributed by atoms with Gasteiger partial charge in [0, 0.05) is 79.0 Å². The Balaban J connectivity index is 1.18. The van der Waals surface area contributed by atoms with Crippen LogP contribution >= 0.6 is 0 Å². The number of ether oxygens (including phenoxy) is 3. The topological polar surface area (TPSA) is 200 Å². The summed E-state index contributed by atoms with van der Waals surface area (Å²) >= 11 is 0. The summed E-state index contributed by atoms with van der Waals surface area (Å²) in [6.45, 7) is 3.43. The van der Waals surface area contributed by atoms with Crippen molar-refractivity contribution in [2.45, 2.75) is 102 Å². The zero-order valence-corrected chi connectivity index (χ0v) is 43.6. The highest BCUT2D eigenvalue weighted by molar-refractivity contribution is 5.87. The van der Waals surface area contributed by atoms with Crippen LogP contribution in [0.25, 0.3) is 11.3 Å². The third-order valence-electron chi connectivity index (χ3n) is 14.5. The number of likely N-dealkylation sites (tertiary alicyclic amines) is 1. The van der Waals surface area contributed by atoms with Gasteiger partial charge in [-0.3, -0.25) is 24.9 Å². The number of benzene rings is 2. The lowest BCUT2D eigenvalue weighted by Crippen LogP contribution is -2.63. The number of carbonyl (C=O) groups excluding carboxylic acids is 4. The average molecular weight is 1120 g/mol. The molecule has 3 aliphatic heterocycles. The molecule has 5 N–H and O–H groups in total. The summed E-state index contributed by atoms with van der Waals surface area (Å²) in [5.74, 6) is 0.178. The number of alkyl halides is 6. The molecule has 26 heteroatoms. The molecule has 4 amide bonds. The van der Waals surface area contributed by atoms with Gasteiger partial charge in [-0.15, -0.1) is 0 Å². The zero-order chi connectivity index (χ0) is 57.8.